The van der Waals surface area contributed by atoms with E-state index >= 15 is 0 Å². The van der Waals surface area contributed by atoms with Crippen LogP contribution in [0.3, 0.4) is 0 Å². The third-order valence-electron chi connectivity index (χ3n) is 8.04. The maximum atomic E-state index is 13.6. The van der Waals surface area contributed by atoms with E-state index < -0.39 is 47.3 Å². The lowest BCUT2D eigenvalue weighted by Crippen LogP contribution is -2.57. The van der Waals surface area contributed by atoms with Crippen LogP contribution in [0.25, 0.3) is 11.1 Å². The van der Waals surface area contributed by atoms with Crippen molar-refractivity contribution in [2.75, 3.05) is 13.2 Å². The molecule has 3 N–H and O–H groups in total. The maximum absolute atomic E-state index is 13.6. The molecule has 1 saturated heterocycles. The van der Waals surface area contributed by atoms with Gasteiger partial charge in [0, 0.05) is 18.0 Å². The Kier molecular flexibility index (Phi) is 9.67. The summed E-state index contributed by atoms with van der Waals surface area (Å²) in [5.41, 5.74) is 3.15. The molecule has 1 aliphatic carbocycles. The number of carbonyl (C=O) groups is 4. The number of benzene rings is 2. The molecule has 3 amide bonds. The van der Waals surface area contributed by atoms with Crippen molar-refractivity contribution in [1.29, 1.82) is 0 Å². The van der Waals surface area contributed by atoms with Crippen molar-refractivity contribution in [1.82, 2.24) is 15.5 Å². The van der Waals surface area contributed by atoms with Gasteiger partial charge >= 0.3 is 18.2 Å². The van der Waals surface area contributed by atoms with E-state index in [1.54, 1.807) is 20.8 Å². The van der Waals surface area contributed by atoms with Crippen LogP contribution < -0.4 is 10.6 Å². The Balaban J connectivity index is 1.30. The smallest absolute Gasteiger partial charge is 0.408 e. The second kappa shape index (κ2) is 13.1. The summed E-state index contributed by atoms with van der Waals surface area (Å²) in [6.45, 7) is 9.37. The van der Waals surface area contributed by atoms with E-state index in [1.807, 2.05) is 38.1 Å². The molecule has 1 fully saturated rings. The molecule has 43 heavy (non-hydrogen) atoms. The molecule has 2 aromatic rings. The average Bonchev–Trinajstić information content (AvgIpc) is 3.43. The Labute approximate surface area is 253 Å². The number of aliphatic carboxylic acids is 1. The van der Waals surface area contributed by atoms with Crippen LogP contribution in [0.1, 0.15) is 83.8 Å². The van der Waals surface area contributed by atoms with Gasteiger partial charge in [-0.15, -0.1) is 0 Å². The number of carbonyl (C=O) groups excluding carboxylic acids is 3. The first-order chi connectivity index (χ1) is 20.3. The summed E-state index contributed by atoms with van der Waals surface area (Å²) in [5.74, 6) is -1.55. The number of hydrogen-bond acceptors (Lipinski definition) is 6. The van der Waals surface area contributed by atoms with Crippen molar-refractivity contribution in [2.24, 2.45) is 0 Å². The van der Waals surface area contributed by atoms with Crippen LogP contribution in [0, 0.1) is 0 Å². The molecule has 2 atom stereocenters. The van der Waals surface area contributed by atoms with Crippen molar-refractivity contribution < 1.29 is 33.8 Å². The maximum Gasteiger partial charge on any atom is 0.408 e. The monoisotopic (exact) mass is 593 g/mol. The molecule has 0 bridgehead atoms. The quantitative estimate of drug-likeness (QED) is 0.312. The number of hydrogen-bond donors (Lipinski definition) is 3. The number of fused-ring (bicyclic) bond motifs is 3. The molecule has 10 nitrogen and oxygen atoms in total. The van der Waals surface area contributed by atoms with Gasteiger partial charge in [0.05, 0.1) is 0 Å². The van der Waals surface area contributed by atoms with E-state index in [1.165, 1.54) is 4.90 Å². The molecule has 1 aliphatic heterocycles. The van der Waals surface area contributed by atoms with Gasteiger partial charge in [-0.05, 0) is 89.0 Å². The Morgan fingerprint density at radius 3 is 2.16 bits per heavy atom. The number of ether oxygens (including phenoxy) is 2. The van der Waals surface area contributed by atoms with Crippen molar-refractivity contribution in [3.8, 4) is 11.1 Å². The van der Waals surface area contributed by atoms with Crippen LogP contribution in [0.4, 0.5) is 9.59 Å². The fraction of sp³-hybridized carbons (Fsp3) is 0.515. The summed E-state index contributed by atoms with van der Waals surface area (Å²) in [5, 5.41) is 15.2. The first-order valence-electron chi connectivity index (χ1n) is 14.9. The van der Waals surface area contributed by atoms with Gasteiger partial charge in [0.15, 0.2) is 0 Å². The van der Waals surface area contributed by atoms with Gasteiger partial charge in [-0.2, -0.15) is 0 Å². The van der Waals surface area contributed by atoms with Crippen molar-refractivity contribution in [3.05, 3.63) is 59.7 Å². The number of amides is 3. The number of rotatable bonds is 10. The van der Waals surface area contributed by atoms with Gasteiger partial charge in [-0.3, -0.25) is 4.79 Å². The van der Waals surface area contributed by atoms with Gasteiger partial charge in [-0.25, -0.2) is 14.4 Å². The highest BCUT2D eigenvalue weighted by Gasteiger charge is 2.47. The molecule has 1 heterocycles. The van der Waals surface area contributed by atoms with E-state index in [9.17, 15) is 24.3 Å². The lowest BCUT2D eigenvalue weighted by Gasteiger charge is -2.37. The first-order valence-corrected chi connectivity index (χ1v) is 14.9. The van der Waals surface area contributed by atoms with Crippen LogP contribution in [0.15, 0.2) is 48.5 Å². The molecule has 232 valence electrons. The predicted octanol–water partition coefficient (Wildman–Crippen LogP) is 5.44. The third kappa shape index (κ3) is 7.66. The van der Waals surface area contributed by atoms with E-state index in [0.29, 0.717) is 32.2 Å². The van der Waals surface area contributed by atoms with Crippen molar-refractivity contribution in [2.45, 2.75) is 95.9 Å². The van der Waals surface area contributed by atoms with Gasteiger partial charge in [0.25, 0.3) is 0 Å². The summed E-state index contributed by atoms with van der Waals surface area (Å²) < 4.78 is 11.0. The number of carboxylic acid groups (broad SMARTS) is 1. The summed E-state index contributed by atoms with van der Waals surface area (Å²) in [6.07, 6.45) is 0.882. The van der Waals surface area contributed by atoms with Crippen LogP contribution in [0.5, 0.6) is 0 Å². The Morgan fingerprint density at radius 1 is 0.977 bits per heavy atom. The SMILES string of the molecule is CC(C)(C)OC(=O)N[C@@H](CCCCNC(=O)OCC1c2ccccc2-c2ccccc21)C(=O)N1[C@@H](C(=O)O)CCC1(C)C. The lowest BCUT2D eigenvalue weighted by molar-refractivity contribution is -0.152. The molecular formula is C33H43N3O7. The summed E-state index contributed by atoms with van der Waals surface area (Å²) in [7, 11) is 0. The highest BCUT2D eigenvalue weighted by Crippen LogP contribution is 2.44. The predicted molar refractivity (Wildman–Crippen MR) is 162 cm³/mol. The Bertz CT molecular complexity index is 1300. The first kappa shape index (κ1) is 31.8. The molecule has 0 aromatic heterocycles. The highest BCUT2D eigenvalue weighted by atomic mass is 16.6. The standard InChI is InChI=1S/C33H43N3O7/c1-32(2,3)43-31(41)35-26(28(37)36-27(29(38)39)17-18-33(36,4)5)16-10-11-19-34-30(40)42-20-25-23-14-8-6-12-21(23)22-13-7-9-15-24(22)25/h6-9,12-15,25-27H,10-11,16-20H2,1-5H3,(H,34,40)(H,35,41)(H,38,39)/t26-,27+/m0/s1. The zero-order valence-electron chi connectivity index (χ0n) is 25.6. The Morgan fingerprint density at radius 2 is 1.58 bits per heavy atom. The molecular weight excluding hydrogens is 550 g/mol. The number of unbranched alkanes of at least 4 members (excludes halogenated alkanes) is 1. The van der Waals surface area contributed by atoms with Crippen LogP contribution in [0.2, 0.25) is 0 Å². The van der Waals surface area contributed by atoms with Crippen molar-refractivity contribution >= 4 is 24.1 Å². The minimum Gasteiger partial charge on any atom is -0.480 e. The molecule has 4 rings (SSSR count). The second-order valence-corrected chi connectivity index (χ2v) is 12.9. The zero-order chi connectivity index (χ0) is 31.4. The molecule has 0 radical (unpaired) electrons. The van der Waals surface area contributed by atoms with Gasteiger partial charge in [0.1, 0.15) is 24.3 Å². The zero-order valence-corrected chi connectivity index (χ0v) is 25.6. The van der Waals surface area contributed by atoms with Crippen LogP contribution >= 0.6 is 0 Å². The fourth-order valence-electron chi connectivity index (χ4n) is 6.04. The largest absolute Gasteiger partial charge is 0.480 e. The Hall–Kier alpha value is -4.08. The minimum atomic E-state index is -1.07. The van der Waals surface area contributed by atoms with Gasteiger partial charge in [-0.1, -0.05) is 48.5 Å². The van der Waals surface area contributed by atoms with Gasteiger partial charge in [0.2, 0.25) is 5.91 Å². The number of alkyl carbamates (subject to hydrolysis) is 2. The molecule has 0 unspecified atom stereocenters. The van der Waals surface area contributed by atoms with E-state index in [0.717, 1.165) is 22.3 Å². The minimum absolute atomic E-state index is 0.0340. The van der Waals surface area contributed by atoms with E-state index in [2.05, 4.69) is 34.9 Å². The molecule has 0 spiro atoms. The molecule has 10 heteroatoms. The molecule has 2 aliphatic rings. The topological polar surface area (TPSA) is 134 Å². The van der Waals surface area contributed by atoms with Crippen LogP contribution in [-0.4, -0.2) is 70.4 Å². The van der Waals surface area contributed by atoms with E-state index in [-0.39, 0.29) is 18.9 Å². The number of nitrogens with one attached hydrogen (secondary N) is 2. The average molecular weight is 594 g/mol. The molecule has 2 aromatic carbocycles. The summed E-state index contributed by atoms with van der Waals surface area (Å²) in [6, 6.07) is 14.3. The number of nitrogens with zero attached hydrogens (tertiary/aromatic N) is 1. The van der Waals surface area contributed by atoms with Crippen LogP contribution in [-0.2, 0) is 19.1 Å². The van der Waals surface area contributed by atoms with Gasteiger partial charge < -0.3 is 30.1 Å². The van der Waals surface area contributed by atoms with Crippen molar-refractivity contribution in [3.63, 3.8) is 0 Å². The normalized spacial score (nSPS) is 17.9. The second-order valence-electron chi connectivity index (χ2n) is 12.9. The van der Waals surface area contributed by atoms with E-state index in [4.69, 9.17) is 9.47 Å². The number of carboxylic acids is 1. The lowest BCUT2D eigenvalue weighted by atomic mass is 9.98. The third-order valence-corrected chi connectivity index (χ3v) is 8.04. The summed E-state index contributed by atoms with van der Waals surface area (Å²) in [4.78, 5) is 52.0. The number of likely N-dealkylation sites (tertiary alicyclic amines) is 1. The fourth-order valence-corrected chi connectivity index (χ4v) is 6.04. The summed E-state index contributed by atoms with van der Waals surface area (Å²) >= 11 is 0. The highest BCUT2D eigenvalue weighted by molar-refractivity contribution is 5.90. The molecule has 0 saturated carbocycles.